The van der Waals surface area contributed by atoms with E-state index in [9.17, 15) is 9.59 Å². The molecule has 1 aromatic heterocycles. The van der Waals surface area contributed by atoms with Gasteiger partial charge in [-0.25, -0.2) is 4.68 Å². The molecule has 3 heterocycles. The van der Waals surface area contributed by atoms with Crippen LogP contribution in [0.3, 0.4) is 0 Å². The summed E-state index contributed by atoms with van der Waals surface area (Å²) in [7, 11) is 0. The third-order valence-corrected chi connectivity index (χ3v) is 5.47. The predicted molar refractivity (Wildman–Crippen MR) is 103 cm³/mol. The number of nitrogens with zero attached hydrogens (tertiary/aromatic N) is 5. The van der Waals surface area contributed by atoms with E-state index >= 15 is 0 Å². The van der Waals surface area contributed by atoms with Crippen LogP contribution in [-0.2, 0) is 9.53 Å². The fourth-order valence-corrected chi connectivity index (χ4v) is 3.82. The maximum atomic E-state index is 12.9. The van der Waals surface area contributed by atoms with E-state index in [2.05, 4.69) is 10.3 Å². The third kappa shape index (κ3) is 3.62. The van der Waals surface area contributed by atoms with Gasteiger partial charge in [0.25, 0.3) is 11.8 Å². The van der Waals surface area contributed by atoms with Crippen molar-refractivity contribution in [2.75, 3.05) is 32.8 Å². The zero-order valence-electron chi connectivity index (χ0n) is 15.7. The van der Waals surface area contributed by atoms with Gasteiger partial charge in [0, 0.05) is 37.8 Å². The molecule has 2 fully saturated rings. The van der Waals surface area contributed by atoms with Crippen molar-refractivity contribution in [3.63, 3.8) is 0 Å². The van der Waals surface area contributed by atoms with Crippen molar-refractivity contribution >= 4 is 23.4 Å². The average Bonchev–Trinajstić information content (AvgIpc) is 3.37. The summed E-state index contributed by atoms with van der Waals surface area (Å²) in [5.41, 5.74) is 1.73. The highest BCUT2D eigenvalue weighted by Crippen LogP contribution is 2.19. The van der Waals surface area contributed by atoms with Crippen LogP contribution in [0.2, 0.25) is 5.02 Å². The van der Waals surface area contributed by atoms with E-state index in [1.165, 1.54) is 0 Å². The van der Waals surface area contributed by atoms with Crippen molar-refractivity contribution in [3.8, 4) is 5.69 Å². The Balaban J connectivity index is 1.42. The minimum Gasteiger partial charge on any atom is -0.368 e. The number of piperazine rings is 1. The van der Waals surface area contributed by atoms with E-state index in [-0.39, 0.29) is 17.9 Å². The van der Waals surface area contributed by atoms with Gasteiger partial charge in [0.2, 0.25) is 0 Å². The Kier molecular flexibility index (Phi) is 5.32. The minimum atomic E-state index is -0.318. The molecule has 0 N–H and O–H groups in total. The number of aromatic nitrogens is 3. The van der Waals surface area contributed by atoms with Crippen LogP contribution in [0.1, 0.15) is 29.0 Å². The molecule has 4 rings (SSSR count). The highest BCUT2D eigenvalue weighted by Gasteiger charge is 2.32. The Hall–Kier alpha value is -2.45. The van der Waals surface area contributed by atoms with Gasteiger partial charge in [-0.2, -0.15) is 0 Å². The molecule has 0 spiro atoms. The second-order valence-corrected chi connectivity index (χ2v) is 7.47. The molecule has 9 heteroatoms. The highest BCUT2D eigenvalue weighted by atomic mass is 35.5. The van der Waals surface area contributed by atoms with Gasteiger partial charge in [0.05, 0.1) is 11.4 Å². The summed E-state index contributed by atoms with van der Waals surface area (Å²) in [5.74, 6) is -0.136. The Morgan fingerprint density at radius 1 is 1.18 bits per heavy atom. The number of rotatable bonds is 3. The average molecular weight is 404 g/mol. The van der Waals surface area contributed by atoms with E-state index in [1.54, 1.807) is 26.6 Å². The molecular weight excluding hydrogens is 382 g/mol. The lowest BCUT2D eigenvalue weighted by Crippen LogP contribution is -2.53. The van der Waals surface area contributed by atoms with Crippen molar-refractivity contribution in [3.05, 3.63) is 40.7 Å². The molecular formula is C19H22ClN5O3. The maximum Gasteiger partial charge on any atom is 0.276 e. The summed E-state index contributed by atoms with van der Waals surface area (Å²) < 4.78 is 7.09. The topological polar surface area (TPSA) is 80.6 Å². The molecule has 0 aliphatic carbocycles. The Morgan fingerprint density at radius 3 is 2.61 bits per heavy atom. The van der Waals surface area contributed by atoms with Crippen LogP contribution >= 0.6 is 11.6 Å². The number of hydrogen-bond acceptors (Lipinski definition) is 5. The van der Waals surface area contributed by atoms with Crippen LogP contribution in [0.25, 0.3) is 5.69 Å². The second-order valence-electron chi connectivity index (χ2n) is 7.03. The molecule has 2 saturated heterocycles. The normalized spacial score (nSPS) is 19.9. The first-order valence-corrected chi connectivity index (χ1v) is 9.80. The number of amides is 2. The first-order valence-electron chi connectivity index (χ1n) is 9.42. The monoisotopic (exact) mass is 403 g/mol. The van der Waals surface area contributed by atoms with E-state index in [0.717, 1.165) is 18.5 Å². The molecule has 0 bridgehead atoms. The van der Waals surface area contributed by atoms with E-state index < -0.39 is 0 Å². The third-order valence-electron chi connectivity index (χ3n) is 5.23. The lowest BCUT2D eigenvalue weighted by atomic mass is 10.2. The number of hydrogen-bond donors (Lipinski definition) is 0. The molecule has 2 aromatic rings. The van der Waals surface area contributed by atoms with Gasteiger partial charge in [0.1, 0.15) is 6.10 Å². The number of ether oxygens (including phenoxy) is 1. The van der Waals surface area contributed by atoms with Gasteiger partial charge in [-0.15, -0.1) is 5.10 Å². The highest BCUT2D eigenvalue weighted by molar-refractivity contribution is 6.30. The first-order chi connectivity index (χ1) is 13.5. The summed E-state index contributed by atoms with van der Waals surface area (Å²) >= 11 is 6.05. The molecule has 2 aliphatic heterocycles. The van der Waals surface area contributed by atoms with Gasteiger partial charge >= 0.3 is 0 Å². The van der Waals surface area contributed by atoms with E-state index in [1.807, 2.05) is 19.1 Å². The summed E-state index contributed by atoms with van der Waals surface area (Å²) in [6, 6.07) is 7.23. The SMILES string of the molecule is Cc1c(C(=O)N2CCN(C(=O)C3CCCO3)CC2)nnn1-c1cccc(Cl)c1. The van der Waals surface area contributed by atoms with Gasteiger partial charge in [0.15, 0.2) is 5.69 Å². The molecule has 0 radical (unpaired) electrons. The van der Waals surface area contributed by atoms with Crippen molar-refractivity contribution in [2.45, 2.75) is 25.9 Å². The zero-order valence-corrected chi connectivity index (χ0v) is 16.4. The second kappa shape index (κ2) is 7.89. The quantitative estimate of drug-likeness (QED) is 0.779. The molecule has 8 nitrogen and oxygen atoms in total. The summed E-state index contributed by atoms with van der Waals surface area (Å²) in [4.78, 5) is 28.9. The Labute approximate surface area is 168 Å². The fraction of sp³-hybridized carbons (Fsp3) is 0.474. The van der Waals surface area contributed by atoms with E-state index in [0.29, 0.717) is 49.2 Å². The number of carbonyl (C=O) groups excluding carboxylic acids is 2. The number of halogens is 1. The fourth-order valence-electron chi connectivity index (χ4n) is 3.64. The molecule has 0 saturated carbocycles. The van der Waals surface area contributed by atoms with Crippen LogP contribution in [0.4, 0.5) is 0 Å². The molecule has 1 unspecified atom stereocenters. The molecule has 2 aliphatic rings. The van der Waals surface area contributed by atoms with Crippen LogP contribution in [-0.4, -0.2) is 75.5 Å². The summed E-state index contributed by atoms with van der Waals surface area (Å²) in [5, 5.41) is 8.80. The van der Waals surface area contributed by atoms with Crippen LogP contribution in [0, 0.1) is 6.92 Å². The summed E-state index contributed by atoms with van der Waals surface area (Å²) in [6.45, 7) is 4.42. The lowest BCUT2D eigenvalue weighted by molar-refractivity contribution is -0.142. The minimum absolute atomic E-state index is 0.0349. The van der Waals surface area contributed by atoms with Crippen molar-refractivity contribution in [1.82, 2.24) is 24.8 Å². The molecule has 1 atom stereocenters. The van der Waals surface area contributed by atoms with Gasteiger partial charge < -0.3 is 14.5 Å². The van der Waals surface area contributed by atoms with Crippen LogP contribution in [0.15, 0.2) is 24.3 Å². The maximum absolute atomic E-state index is 12.9. The predicted octanol–water partition coefficient (Wildman–Crippen LogP) is 1.69. The Bertz CT molecular complexity index is 885. The number of carbonyl (C=O) groups is 2. The van der Waals surface area contributed by atoms with Gasteiger partial charge in [-0.05, 0) is 38.0 Å². The zero-order chi connectivity index (χ0) is 19.7. The Morgan fingerprint density at radius 2 is 1.93 bits per heavy atom. The molecule has 1 aromatic carbocycles. The van der Waals surface area contributed by atoms with Crippen molar-refractivity contribution < 1.29 is 14.3 Å². The lowest BCUT2D eigenvalue weighted by Gasteiger charge is -2.35. The molecule has 148 valence electrons. The standard InChI is InChI=1S/C19H22ClN5O3/c1-13-17(21-22-25(13)15-5-2-4-14(20)12-15)19(27)24-9-7-23(8-10-24)18(26)16-6-3-11-28-16/h2,4-5,12,16H,3,6-11H2,1H3. The molecule has 28 heavy (non-hydrogen) atoms. The van der Waals surface area contributed by atoms with Crippen molar-refractivity contribution in [1.29, 1.82) is 0 Å². The van der Waals surface area contributed by atoms with Gasteiger partial charge in [-0.3, -0.25) is 9.59 Å². The van der Waals surface area contributed by atoms with E-state index in [4.69, 9.17) is 16.3 Å². The summed E-state index contributed by atoms with van der Waals surface area (Å²) in [6.07, 6.45) is 1.39. The van der Waals surface area contributed by atoms with Gasteiger partial charge in [-0.1, -0.05) is 22.9 Å². The number of benzene rings is 1. The van der Waals surface area contributed by atoms with Crippen molar-refractivity contribution in [2.24, 2.45) is 0 Å². The largest absolute Gasteiger partial charge is 0.368 e. The first kappa shape index (κ1) is 18.9. The van der Waals surface area contributed by atoms with Crippen LogP contribution in [0.5, 0.6) is 0 Å². The smallest absolute Gasteiger partial charge is 0.276 e. The molecule has 2 amide bonds. The van der Waals surface area contributed by atoms with Crippen LogP contribution < -0.4 is 0 Å².